The summed E-state index contributed by atoms with van der Waals surface area (Å²) in [5, 5.41) is 12.7. The number of ether oxygens (including phenoxy) is 1. The maximum Gasteiger partial charge on any atom is 0.255 e. The molecule has 134 valence electrons. The number of hydrogen-bond donors (Lipinski definition) is 2. The number of amides is 1. The van der Waals surface area contributed by atoms with E-state index in [-0.39, 0.29) is 17.2 Å². The molecule has 0 aliphatic rings. The minimum atomic E-state index is -0.354. The van der Waals surface area contributed by atoms with Crippen LogP contribution in [0.15, 0.2) is 53.1 Å². The number of rotatable bonds is 6. The van der Waals surface area contributed by atoms with Crippen molar-refractivity contribution in [1.29, 1.82) is 0 Å². The second-order valence-corrected chi connectivity index (χ2v) is 5.90. The van der Waals surface area contributed by atoms with Crippen LogP contribution < -0.4 is 10.1 Å². The van der Waals surface area contributed by atoms with Crippen LogP contribution in [-0.2, 0) is 6.42 Å². The van der Waals surface area contributed by atoms with Crippen LogP contribution in [0, 0.1) is 6.92 Å². The summed E-state index contributed by atoms with van der Waals surface area (Å²) in [6, 6.07) is 12.5. The first-order valence-electron chi connectivity index (χ1n) is 8.23. The lowest BCUT2D eigenvalue weighted by atomic mass is 10.1. The molecule has 0 fully saturated rings. The van der Waals surface area contributed by atoms with Crippen LogP contribution in [0.5, 0.6) is 11.5 Å². The van der Waals surface area contributed by atoms with Crippen LogP contribution in [0.25, 0.3) is 11.5 Å². The van der Waals surface area contributed by atoms with Crippen molar-refractivity contribution in [3.63, 3.8) is 0 Å². The Balaban J connectivity index is 1.57. The Labute approximate surface area is 151 Å². The summed E-state index contributed by atoms with van der Waals surface area (Å²) in [5.74, 6) is 0.571. The molecule has 3 rings (SSSR count). The number of carbonyl (C=O) groups excluding carboxylic acids is 1. The van der Waals surface area contributed by atoms with Crippen molar-refractivity contribution in [1.82, 2.24) is 10.3 Å². The van der Waals surface area contributed by atoms with Gasteiger partial charge in [-0.25, -0.2) is 4.98 Å². The molecule has 6 nitrogen and oxygen atoms in total. The van der Waals surface area contributed by atoms with Crippen LogP contribution in [0.2, 0.25) is 0 Å². The molecule has 2 aromatic carbocycles. The minimum Gasteiger partial charge on any atom is -0.507 e. The number of nitrogens with zero attached hydrogens (tertiary/aromatic N) is 1. The molecule has 0 aliphatic heterocycles. The third kappa shape index (κ3) is 4.03. The number of phenols is 1. The van der Waals surface area contributed by atoms with Crippen molar-refractivity contribution in [3.8, 4) is 23.0 Å². The van der Waals surface area contributed by atoms with Crippen LogP contribution in [0.3, 0.4) is 0 Å². The van der Waals surface area contributed by atoms with Gasteiger partial charge in [-0.05, 0) is 31.2 Å². The number of phenolic OH excluding ortho intramolecular Hbond substituents is 1. The second-order valence-electron chi connectivity index (χ2n) is 5.90. The lowest BCUT2D eigenvalue weighted by molar-refractivity contribution is 0.0951. The van der Waals surface area contributed by atoms with E-state index in [9.17, 15) is 9.90 Å². The van der Waals surface area contributed by atoms with E-state index in [1.165, 1.54) is 24.8 Å². The first-order chi connectivity index (χ1) is 12.6. The van der Waals surface area contributed by atoms with Crippen molar-refractivity contribution in [2.24, 2.45) is 0 Å². The Morgan fingerprint density at radius 3 is 2.69 bits per heavy atom. The number of aryl methyl sites for hydroxylation is 1. The molecule has 6 heteroatoms. The van der Waals surface area contributed by atoms with Crippen molar-refractivity contribution in [3.05, 3.63) is 65.5 Å². The number of oxazole rings is 1. The van der Waals surface area contributed by atoms with Gasteiger partial charge in [-0.3, -0.25) is 4.79 Å². The molecule has 1 aromatic heterocycles. The fraction of sp³-hybridized carbons (Fsp3) is 0.200. The lowest BCUT2D eigenvalue weighted by Gasteiger charge is -2.07. The van der Waals surface area contributed by atoms with E-state index in [1.54, 1.807) is 12.3 Å². The van der Waals surface area contributed by atoms with Gasteiger partial charge in [0.25, 0.3) is 5.91 Å². The number of aromatic hydroxyl groups is 1. The van der Waals surface area contributed by atoms with Crippen LogP contribution in [-0.4, -0.2) is 29.7 Å². The predicted molar refractivity (Wildman–Crippen MR) is 97.4 cm³/mol. The molecular formula is C20H20N2O4. The topological polar surface area (TPSA) is 84.6 Å². The molecule has 2 N–H and O–H groups in total. The Morgan fingerprint density at radius 1 is 1.23 bits per heavy atom. The summed E-state index contributed by atoms with van der Waals surface area (Å²) in [6.07, 6.45) is 2.12. The zero-order valence-corrected chi connectivity index (χ0v) is 14.7. The summed E-state index contributed by atoms with van der Waals surface area (Å²) >= 11 is 0. The number of hydrogen-bond acceptors (Lipinski definition) is 5. The average Bonchev–Trinajstić information content (AvgIpc) is 3.11. The highest BCUT2D eigenvalue weighted by Crippen LogP contribution is 2.23. The fourth-order valence-electron chi connectivity index (χ4n) is 2.48. The number of methoxy groups -OCH3 is 1. The Kier molecular flexibility index (Phi) is 5.22. The van der Waals surface area contributed by atoms with E-state index in [1.807, 2.05) is 31.2 Å². The molecule has 26 heavy (non-hydrogen) atoms. The second kappa shape index (κ2) is 7.74. The third-order valence-electron chi connectivity index (χ3n) is 3.97. The molecule has 0 saturated heterocycles. The summed E-state index contributed by atoms with van der Waals surface area (Å²) < 4.78 is 10.5. The third-order valence-corrected chi connectivity index (χ3v) is 3.97. The fourth-order valence-corrected chi connectivity index (χ4v) is 2.48. The van der Waals surface area contributed by atoms with Gasteiger partial charge in [-0.1, -0.05) is 17.7 Å². The number of aromatic nitrogens is 1. The Morgan fingerprint density at radius 2 is 2.00 bits per heavy atom. The molecule has 3 aromatic rings. The first kappa shape index (κ1) is 17.5. The number of benzene rings is 2. The summed E-state index contributed by atoms with van der Waals surface area (Å²) in [6.45, 7) is 2.40. The zero-order chi connectivity index (χ0) is 18.5. The van der Waals surface area contributed by atoms with Gasteiger partial charge in [-0.15, -0.1) is 0 Å². The van der Waals surface area contributed by atoms with E-state index in [0.717, 1.165) is 11.3 Å². The normalized spacial score (nSPS) is 10.5. The highest BCUT2D eigenvalue weighted by molar-refractivity contribution is 5.97. The van der Waals surface area contributed by atoms with E-state index < -0.39 is 0 Å². The molecule has 0 bridgehead atoms. The molecule has 1 heterocycles. The maximum absolute atomic E-state index is 12.2. The van der Waals surface area contributed by atoms with Crippen molar-refractivity contribution < 1.29 is 19.1 Å². The molecule has 0 radical (unpaired) electrons. The van der Waals surface area contributed by atoms with Crippen LogP contribution >= 0.6 is 0 Å². The Bertz CT molecular complexity index is 900. The largest absolute Gasteiger partial charge is 0.507 e. The number of carbonyl (C=O) groups is 1. The van der Waals surface area contributed by atoms with Gasteiger partial charge < -0.3 is 19.6 Å². The Hall–Kier alpha value is -3.28. The average molecular weight is 352 g/mol. The monoisotopic (exact) mass is 352 g/mol. The summed E-state index contributed by atoms with van der Waals surface area (Å²) in [7, 11) is 1.50. The van der Waals surface area contributed by atoms with Gasteiger partial charge in [0.15, 0.2) is 0 Å². The van der Waals surface area contributed by atoms with Crippen LogP contribution in [0.1, 0.15) is 21.6 Å². The van der Waals surface area contributed by atoms with Gasteiger partial charge in [0.1, 0.15) is 17.8 Å². The number of nitrogens with one attached hydrogen (secondary N) is 1. The quantitative estimate of drug-likeness (QED) is 0.711. The van der Waals surface area contributed by atoms with Gasteiger partial charge in [0, 0.05) is 24.6 Å². The molecule has 0 aliphatic carbocycles. The van der Waals surface area contributed by atoms with Crippen molar-refractivity contribution >= 4 is 5.91 Å². The molecule has 1 amide bonds. The predicted octanol–water partition coefficient (Wildman–Crippen LogP) is 3.34. The molecule has 0 spiro atoms. The van der Waals surface area contributed by atoms with Crippen molar-refractivity contribution in [2.75, 3.05) is 13.7 Å². The SMILES string of the molecule is COc1ccc(C(=O)NCCc2coc(-c3ccc(C)cc3)n2)c(O)c1. The van der Waals surface area contributed by atoms with Crippen molar-refractivity contribution in [2.45, 2.75) is 13.3 Å². The lowest BCUT2D eigenvalue weighted by Crippen LogP contribution is -2.25. The maximum atomic E-state index is 12.2. The minimum absolute atomic E-state index is 0.120. The van der Waals surface area contributed by atoms with Gasteiger partial charge in [-0.2, -0.15) is 0 Å². The molecule has 0 atom stereocenters. The van der Waals surface area contributed by atoms with Gasteiger partial charge in [0.2, 0.25) is 5.89 Å². The van der Waals surface area contributed by atoms with Gasteiger partial charge in [0.05, 0.1) is 18.4 Å². The molecular weight excluding hydrogens is 332 g/mol. The van der Waals surface area contributed by atoms with E-state index in [2.05, 4.69) is 10.3 Å². The standard InChI is InChI=1S/C20H20N2O4/c1-13-3-5-14(6-4-13)20-22-15(12-26-20)9-10-21-19(24)17-8-7-16(25-2)11-18(17)23/h3-8,11-12,23H,9-10H2,1-2H3,(H,21,24). The summed E-state index contributed by atoms with van der Waals surface area (Å²) in [4.78, 5) is 16.6. The summed E-state index contributed by atoms with van der Waals surface area (Å²) in [5.41, 5.74) is 3.03. The zero-order valence-electron chi connectivity index (χ0n) is 14.7. The highest BCUT2D eigenvalue weighted by atomic mass is 16.5. The molecule has 0 saturated carbocycles. The van der Waals surface area contributed by atoms with Gasteiger partial charge >= 0.3 is 0 Å². The van der Waals surface area contributed by atoms with Crippen LogP contribution in [0.4, 0.5) is 0 Å². The smallest absolute Gasteiger partial charge is 0.255 e. The highest BCUT2D eigenvalue weighted by Gasteiger charge is 2.12. The van der Waals surface area contributed by atoms with E-state index in [0.29, 0.717) is 24.6 Å². The van der Waals surface area contributed by atoms with E-state index >= 15 is 0 Å². The molecule has 0 unspecified atom stereocenters. The van der Waals surface area contributed by atoms with E-state index in [4.69, 9.17) is 9.15 Å². The first-order valence-corrected chi connectivity index (χ1v) is 8.23.